The van der Waals surface area contributed by atoms with E-state index in [0.717, 1.165) is 38.0 Å². The van der Waals surface area contributed by atoms with E-state index < -0.39 is 0 Å². The number of rotatable bonds is 3. The van der Waals surface area contributed by atoms with E-state index in [0.29, 0.717) is 0 Å². The predicted molar refractivity (Wildman–Crippen MR) is 89.8 cm³/mol. The Hall–Kier alpha value is -2.27. The normalized spacial score (nSPS) is 10.8. The van der Waals surface area contributed by atoms with E-state index in [-0.39, 0.29) is 0 Å². The van der Waals surface area contributed by atoms with Gasteiger partial charge in [0.15, 0.2) is 0 Å². The molecule has 0 unspecified atom stereocenters. The minimum atomic E-state index is 0.736. The quantitative estimate of drug-likeness (QED) is 0.744. The topological polar surface area (TPSA) is 51.4 Å². The zero-order chi connectivity index (χ0) is 15.0. The largest absolute Gasteiger partial charge is 0.495 e. The number of para-hydroxylation sites is 2. The summed E-state index contributed by atoms with van der Waals surface area (Å²) in [7, 11) is 3.65. The molecule has 0 spiro atoms. The summed E-state index contributed by atoms with van der Waals surface area (Å²) in [5.74, 6) is 0.814. The van der Waals surface area contributed by atoms with Crippen LogP contribution in [0.2, 0.25) is 0 Å². The van der Waals surface area contributed by atoms with Crippen LogP contribution in [0.25, 0.3) is 10.2 Å². The molecule has 0 amide bonds. The Morgan fingerprint density at radius 2 is 1.95 bits per heavy atom. The Bertz CT molecular complexity index is 797. The molecule has 21 heavy (non-hydrogen) atoms. The molecular weight excluding hydrogens is 282 g/mol. The summed E-state index contributed by atoms with van der Waals surface area (Å²) in [6, 6.07) is 11.9. The summed E-state index contributed by atoms with van der Waals surface area (Å²) >= 11 is 1.66. The van der Waals surface area contributed by atoms with Gasteiger partial charge in [0.1, 0.15) is 5.75 Å². The number of hydrogen-bond donors (Lipinski definition) is 1. The molecule has 3 aromatic rings. The van der Waals surface area contributed by atoms with Crippen LogP contribution in [0, 0.1) is 6.92 Å². The second-order valence-corrected chi connectivity index (χ2v) is 6.08. The van der Waals surface area contributed by atoms with Crippen molar-refractivity contribution in [2.75, 3.05) is 24.8 Å². The molecule has 0 bridgehead atoms. The number of nitrogens with two attached hydrogens (primary N) is 1. The summed E-state index contributed by atoms with van der Waals surface area (Å²) < 4.78 is 6.54. The van der Waals surface area contributed by atoms with Gasteiger partial charge in [-0.3, -0.25) is 0 Å². The number of methoxy groups -OCH3 is 1. The summed E-state index contributed by atoms with van der Waals surface area (Å²) in [4.78, 5) is 6.57. The highest BCUT2D eigenvalue weighted by atomic mass is 32.1. The number of hydrogen-bond acceptors (Lipinski definition) is 5. The Morgan fingerprint density at radius 3 is 2.71 bits per heavy atom. The Morgan fingerprint density at radius 1 is 1.19 bits per heavy atom. The maximum atomic E-state index is 6.22. The third-order valence-corrected chi connectivity index (χ3v) is 4.39. The van der Waals surface area contributed by atoms with Gasteiger partial charge in [0.2, 0.25) is 0 Å². The molecular formula is C16H17N3OS. The molecule has 3 rings (SSSR count). The number of aryl methyl sites for hydroxylation is 1. The third-order valence-electron chi connectivity index (χ3n) is 3.45. The van der Waals surface area contributed by atoms with Crippen LogP contribution in [0.3, 0.4) is 0 Å². The van der Waals surface area contributed by atoms with Crippen LogP contribution in [-0.2, 0) is 0 Å². The second-order valence-electron chi connectivity index (χ2n) is 4.84. The fourth-order valence-electron chi connectivity index (χ4n) is 2.42. The first kappa shape index (κ1) is 13.7. The second kappa shape index (κ2) is 5.26. The zero-order valence-electron chi connectivity index (χ0n) is 12.3. The van der Waals surface area contributed by atoms with Crippen LogP contribution in [-0.4, -0.2) is 19.1 Å². The van der Waals surface area contributed by atoms with Crippen molar-refractivity contribution < 1.29 is 4.74 Å². The molecule has 0 fully saturated rings. The number of ether oxygens (including phenoxy) is 1. The van der Waals surface area contributed by atoms with E-state index in [1.54, 1.807) is 18.4 Å². The first-order valence-electron chi connectivity index (χ1n) is 6.63. The van der Waals surface area contributed by atoms with Crippen molar-refractivity contribution >= 4 is 38.6 Å². The number of anilines is 3. The van der Waals surface area contributed by atoms with E-state index in [4.69, 9.17) is 10.5 Å². The number of fused-ring (bicyclic) bond motifs is 1. The molecule has 0 radical (unpaired) electrons. The van der Waals surface area contributed by atoms with Crippen LogP contribution in [0.5, 0.6) is 5.75 Å². The lowest BCUT2D eigenvalue weighted by molar-refractivity contribution is 0.415. The van der Waals surface area contributed by atoms with Gasteiger partial charge in [-0.2, -0.15) is 0 Å². The summed E-state index contributed by atoms with van der Waals surface area (Å²) in [6.07, 6.45) is 0. The van der Waals surface area contributed by atoms with Crippen LogP contribution in [0.15, 0.2) is 36.4 Å². The van der Waals surface area contributed by atoms with Gasteiger partial charge >= 0.3 is 0 Å². The average Bonchev–Trinajstić information content (AvgIpc) is 2.84. The molecule has 5 heteroatoms. The Labute approximate surface area is 127 Å². The highest BCUT2D eigenvalue weighted by molar-refractivity contribution is 7.18. The molecule has 0 aliphatic carbocycles. The van der Waals surface area contributed by atoms with E-state index >= 15 is 0 Å². The van der Waals surface area contributed by atoms with E-state index in [2.05, 4.69) is 4.98 Å². The summed E-state index contributed by atoms with van der Waals surface area (Å²) in [5.41, 5.74) is 9.83. The molecule has 2 aromatic carbocycles. The van der Waals surface area contributed by atoms with Gasteiger partial charge in [0.05, 0.1) is 39.4 Å². The molecule has 4 nitrogen and oxygen atoms in total. The standard InChI is InChI=1S/C16H17N3OS/c1-10-18-12-9-14(11(17)8-16(12)21-10)19(2)13-6-4-5-7-15(13)20-3/h4-9H,17H2,1-3H3. The van der Waals surface area contributed by atoms with Crippen molar-refractivity contribution in [2.45, 2.75) is 6.92 Å². The number of nitrogens with zero attached hydrogens (tertiary/aromatic N) is 2. The van der Waals surface area contributed by atoms with Crippen LogP contribution < -0.4 is 15.4 Å². The molecule has 108 valence electrons. The van der Waals surface area contributed by atoms with Crippen molar-refractivity contribution in [1.82, 2.24) is 4.98 Å². The van der Waals surface area contributed by atoms with Crippen molar-refractivity contribution in [2.24, 2.45) is 0 Å². The van der Waals surface area contributed by atoms with Crippen molar-refractivity contribution in [3.8, 4) is 5.75 Å². The lowest BCUT2D eigenvalue weighted by Crippen LogP contribution is -2.12. The fourth-order valence-corrected chi connectivity index (χ4v) is 3.28. The van der Waals surface area contributed by atoms with Gasteiger partial charge in [-0.05, 0) is 31.2 Å². The summed E-state index contributed by atoms with van der Waals surface area (Å²) in [6.45, 7) is 2.00. The summed E-state index contributed by atoms with van der Waals surface area (Å²) in [5, 5.41) is 1.04. The van der Waals surface area contributed by atoms with Gasteiger partial charge < -0.3 is 15.4 Å². The van der Waals surface area contributed by atoms with Gasteiger partial charge in [-0.25, -0.2) is 4.98 Å². The number of nitrogen functional groups attached to an aromatic ring is 1. The van der Waals surface area contributed by atoms with Crippen LogP contribution in [0.1, 0.15) is 5.01 Å². The predicted octanol–water partition coefficient (Wildman–Crippen LogP) is 3.96. The molecule has 1 aromatic heterocycles. The van der Waals surface area contributed by atoms with Gasteiger partial charge in [0, 0.05) is 7.05 Å². The maximum absolute atomic E-state index is 6.22. The SMILES string of the molecule is COc1ccccc1N(C)c1cc2nc(C)sc2cc1N. The first-order valence-corrected chi connectivity index (χ1v) is 7.45. The Balaban J connectivity index is 2.12. The van der Waals surface area contributed by atoms with Gasteiger partial charge in [-0.1, -0.05) is 12.1 Å². The van der Waals surface area contributed by atoms with Crippen molar-refractivity contribution in [3.63, 3.8) is 0 Å². The average molecular weight is 299 g/mol. The Kier molecular flexibility index (Phi) is 3.43. The number of thiazole rings is 1. The highest BCUT2D eigenvalue weighted by Gasteiger charge is 2.14. The monoisotopic (exact) mass is 299 g/mol. The molecule has 0 saturated carbocycles. The molecule has 2 N–H and O–H groups in total. The lowest BCUT2D eigenvalue weighted by Gasteiger charge is -2.23. The fraction of sp³-hybridized carbons (Fsp3) is 0.188. The smallest absolute Gasteiger partial charge is 0.142 e. The number of benzene rings is 2. The molecule has 0 aliphatic heterocycles. The van der Waals surface area contributed by atoms with Gasteiger partial charge in [0.25, 0.3) is 0 Å². The third kappa shape index (κ3) is 2.40. The van der Waals surface area contributed by atoms with Gasteiger partial charge in [-0.15, -0.1) is 11.3 Å². The van der Waals surface area contributed by atoms with E-state index in [1.807, 2.05) is 55.3 Å². The van der Waals surface area contributed by atoms with Crippen LogP contribution in [0.4, 0.5) is 17.1 Å². The minimum Gasteiger partial charge on any atom is -0.495 e. The lowest BCUT2D eigenvalue weighted by atomic mass is 10.2. The minimum absolute atomic E-state index is 0.736. The van der Waals surface area contributed by atoms with Crippen molar-refractivity contribution in [1.29, 1.82) is 0 Å². The highest BCUT2D eigenvalue weighted by Crippen LogP contribution is 2.38. The van der Waals surface area contributed by atoms with Crippen molar-refractivity contribution in [3.05, 3.63) is 41.4 Å². The molecule has 0 aliphatic rings. The zero-order valence-corrected chi connectivity index (χ0v) is 13.1. The number of aromatic nitrogens is 1. The molecule has 0 saturated heterocycles. The first-order chi connectivity index (χ1) is 10.1. The van der Waals surface area contributed by atoms with E-state index in [9.17, 15) is 0 Å². The van der Waals surface area contributed by atoms with Crippen LogP contribution >= 0.6 is 11.3 Å². The molecule has 1 heterocycles. The van der Waals surface area contributed by atoms with E-state index in [1.165, 1.54) is 0 Å². The maximum Gasteiger partial charge on any atom is 0.142 e. The molecule has 0 atom stereocenters.